The third-order valence-electron chi connectivity index (χ3n) is 16.1. The smallest absolute Gasteiger partial charge is 0.346 e. The van der Waals surface area contributed by atoms with E-state index in [1.54, 1.807) is 24.3 Å². The van der Waals surface area contributed by atoms with E-state index in [0.29, 0.717) is 24.0 Å². The number of carbonyl (C=O) groups excluding carboxylic acids is 4. The van der Waals surface area contributed by atoms with E-state index in [1.165, 1.54) is 228 Å². The summed E-state index contributed by atoms with van der Waals surface area (Å²) in [6, 6.07) is 30.8. The molecule has 0 N–H and O–H groups in total. The second kappa shape index (κ2) is 43.2. The van der Waals surface area contributed by atoms with Gasteiger partial charge < -0.3 is 28.4 Å². The molecular formula is C78H98F2O10. The Morgan fingerprint density at radius 1 is 0.311 bits per heavy atom. The van der Waals surface area contributed by atoms with Crippen molar-refractivity contribution in [3.05, 3.63) is 167 Å². The van der Waals surface area contributed by atoms with Gasteiger partial charge in [-0.3, -0.25) is 0 Å². The van der Waals surface area contributed by atoms with E-state index in [2.05, 4.69) is 13.8 Å². The van der Waals surface area contributed by atoms with Crippen LogP contribution >= 0.6 is 0 Å². The van der Waals surface area contributed by atoms with E-state index in [-0.39, 0.29) is 23.0 Å². The highest BCUT2D eigenvalue weighted by atomic mass is 19.1. The average Bonchev–Trinajstić information content (AvgIpc) is 2.00. The van der Waals surface area contributed by atoms with Crippen molar-refractivity contribution < 1.29 is 56.4 Å². The van der Waals surface area contributed by atoms with E-state index in [0.717, 1.165) is 72.6 Å². The fraction of sp³-hybridized carbons (Fsp3) is 0.462. The number of benzene rings is 6. The van der Waals surface area contributed by atoms with Crippen molar-refractivity contribution in [1.82, 2.24) is 0 Å². The molecule has 0 saturated carbocycles. The number of esters is 4. The Morgan fingerprint density at radius 2 is 0.589 bits per heavy atom. The molecule has 0 saturated heterocycles. The topological polar surface area (TPSA) is 124 Å². The van der Waals surface area contributed by atoms with Gasteiger partial charge in [0.25, 0.3) is 0 Å². The quantitative estimate of drug-likeness (QED) is 0.0158. The molecule has 0 aromatic heterocycles. The maximum Gasteiger partial charge on any atom is 0.346 e. The fourth-order valence-corrected chi connectivity index (χ4v) is 10.8. The molecule has 6 aromatic carbocycles. The Balaban J connectivity index is 0.834. The summed E-state index contributed by atoms with van der Waals surface area (Å²) in [6.45, 7) is 5.84. The lowest BCUT2D eigenvalue weighted by Crippen LogP contribution is -2.12. The predicted molar refractivity (Wildman–Crippen MR) is 359 cm³/mol. The number of ether oxygens (including phenoxy) is 6. The van der Waals surface area contributed by atoms with Crippen LogP contribution in [0.2, 0.25) is 0 Å². The molecule has 90 heavy (non-hydrogen) atoms. The Bertz CT molecular complexity index is 2910. The number of fused-ring (bicyclic) bond motifs is 1. The second-order valence-corrected chi connectivity index (χ2v) is 23.7. The van der Waals surface area contributed by atoms with Crippen LogP contribution in [0.4, 0.5) is 8.78 Å². The number of unbranched alkanes of at least 4 members (excludes halogenated alkanes) is 30. The number of hydrogen-bond donors (Lipinski definition) is 0. The summed E-state index contributed by atoms with van der Waals surface area (Å²) in [5.41, 5.74) is 0.705. The molecule has 6 aromatic rings. The summed E-state index contributed by atoms with van der Waals surface area (Å²) in [7, 11) is 0. The Hall–Kier alpha value is -7.60. The average molecular weight is 1230 g/mol. The van der Waals surface area contributed by atoms with E-state index < -0.39 is 46.6 Å². The van der Waals surface area contributed by atoms with Gasteiger partial charge in [-0.05, 0) is 120 Å². The monoisotopic (exact) mass is 1230 g/mol. The first-order valence-electron chi connectivity index (χ1n) is 33.9. The lowest BCUT2D eigenvalue weighted by atomic mass is 10.0. The molecule has 0 aliphatic rings. The zero-order valence-corrected chi connectivity index (χ0v) is 53.7. The van der Waals surface area contributed by atoms with Crippen LogP contribution in [-0.2, 0) is 9.59 Å². The Kier molecular flexibility index (Phi) is 34.3. The molecule has 0 amide bonds. The van der Waals surface area contributed by atoms with E-state index >= 15 is 8.78 Å². The van der Waals surface area contributed by atoms with Gasteiger partial charge in [-0.15, -0.1) is 0 Å². The molecule has 484 valence electrons. The number of halogens is 2. The zero-order chi connectivity index (χ0) is 63.6. The molecule has 0 atom stereocenters. The first-order chi connectivity index (χ1) is 44.1. The first-order valence-corrected chi connectivity index (χ1v) is 33.9. The number of carbonyl (C=O) groups is 4. The normalized spacial score (nSPS) is 11.4. The summed E-state index contributed by atoms with van der Waals surface area (Å²) in [6.07, 6.45) is 47.8. The molecule has 0 heterocycles. The maximum absolute atomic E-state index is 15.3. The summed E-state index contributed by atoms with van der Waals surface area (Å²) in [5, 5.41) is 1.18. The molecular weight excluding hydrogens is 1130 g/mol. The van der Waals surface area contributed by atoms with Crippen LogP contribution in [0.3, 0.4) is 0 Å². The summed E-state index contributed by atoms with van der Waals surface area (Å²) in [5.74, 6) is -3.99. The molecule has 6 rings (SSSR count). The van der Waals surface area contributed by atoms with E-state index in [4.69, 9.17) is 28.4 Å². The van der Waals surface area contributed by atoms with Gasteiger partial charge in [0.2, 0.25) is 0 Å². The predicted octanol–water partition coefficient (Wildman–Crippen LogP) is 22.1. The van der Waals surface area contributed by atoms with Gasteiger partial charge in [-0.25, -0.2) is 28.0 Å². The van der Waals surface area contributed by atoms with Crippen LogP contribution in [0, 0.1) is 11.6 Å². The van der Waals surface area contributed by atoms with Crippen molar-refractivity contribution in [2.24, 2.45) is 0 Å². The third kappa shape index (κ3) is 28.9. The summed E-state index contributed by atoms with van der Waals surface area (Å²) >= 11 is 0. The van der Waals surface area contributed by atoms with Crippen molar-refractivity contribution in [2.45, 2.75) is 219 Å². The highest BCUT2D eigenvalue weighted by molar-refractivity contribution is 5.95. The number of rotatable bonds is 46. The van der Waals surface area contributed by atoms with Gasteiger partial charge in [0.1, 0.15) is 46.1 Å². The molecule has 0 aliphatic heterocycles. The molecule has 0 spiro atoms. The van der Waals surface area contributed by atoms with Gasteiger partial charge in [-0.1, -0.05) is 243 Å². The van der Waals surface area contributed by atoms with Crippen molar-refractivity contribution in [2.75, 3.05) is 13.2 Å². The standard InChI is InChI=1S/C78H98F2O10/c1-3-5-7-9-11-13-15-17-19-21-23-25-27-29-31-33-55-85-65-43-35-61(36-44-65)39-53-75(81)87-69-49-51-71(73(79)59-69)77(83)89-67-47-41-63-42-48-68(58-64(63)57-67)90-78(84)72-52-50-70(60-74(72)80)88-76(82)54-40-62-37-45-66(46-38-62)86-56-34-32-30-28-26-24-22-20-18-16-14-12-10-8-6-4-2/h35-54,57-60H,3-34,55-56H2,1-2H3/b53-39+,54-40+. The molecule has 12 heteroatoms. The largest absolute Gasteiger partial charge is 0.494 e. The van der Waals surface area contributed by atoms with Gasteiger partial charge in [-0.2, -0.15) is 0 Å². The van der Waals surface area contributed by atoms with Crippen LogP contribution < -0.4 is 28.4 Å². The second-order valence-electron chi connectivity index (χ2n) is 23.7. The third-order valence-corrected chi connectivity index (χ3v) is 16.1. The highest BCUT2D eigenvalue weighted by Crippen LogP contribution is 2.29. The van der Waals surface area contributed by atoms with E-state index in [9.17, 15) is 19.2 Å². The molecule has 0 radical (unpaired) electrons. The Morgan fingerprint density at radius 3 is 0.900 bits per heavy atom. The first kappa shape index (κ1) is 71.5. The SMILES string of the molecule is CCCCCCCCCCCCCCCCCCOc1ccc(/C=C/C(=O)Oc2ccc(C(=O)Oc3ccc4ccc(OC(=O)c5ccc(OC(=O)/C=C/c6ccc(OCCCCCCCCCCCCCCCCCC)cc6)cc5F)cc4c3)c(F)c2)cc1. The van der Waals surface area contributed by atoms with Crippen LogP contribution in [-0.4, -0.2) is 37.1 Å². The van der Waals surface area contributed by atoms with Gasteiger partial charge in [0, 0.05) is 24.3 Å². The molecule has 0 bridgehead atoms. The van der Waals surface area contributed by atoms with Crippen LogP contribution in [0.15, 0.2) is 133 Å². The number of hydrogen-bond acceptors (Lipinski definition) is 10. The highest BCUT2D eigenvalue weighted by Gasteiger charge is 2.19. The van der Waals surface area contributed by atoms with Crippen molar-refractivity contribution in [1.29, 1.82) is 0 Å². The summed E-state index contributed by atoms with van der Waals surface area (Å²) in [4.78, 5) is 51.6. The van der Waals surface area contributed by atoms with Crippen LogP contribution in [0.5, 0.6) is 34.5 Å². The lowest BCUT2D eigenvalue weighted by molar-refractivity contribution is -0.129. The van der Waals surface area contributed by atoms with Gasteiger partial charge in [0.05, 0.1) is 24.3 Å². The molecule has 10 nitrogen and oxygen atoms in total. The minimum Gasteiger partial charge on any atom is -0.494 e. The van der Waals surface area contributed by atoms with Crippen molar-refractivity contribution in [3.63, 3.8) is 0 Å². The summed E-state index contributed by atoms with van der Waals surface area (Å²) < 4.78 is 64.0. The fourth-order valence-electron chi connectivity index (χ4n) is 10.8. The molecule has 0 unspecified atom stereocenters. The zero-order valence-electron chi connectivity index (χ0n) is 53.7. The van der Waals surface area contributed by atoms with Crippen LogP contribution in [0.25, 0.3) is 22.9 Å². The van der Waals surface area contributed by atoms with Gasteiger partial charge >= 0.3 is 23.9 Å². The van der Waals surface area contributed by atoms with Crippen molar-refractivity contribution in [3.8, 4) is 34.5 Å². The van der Waals surface area contributed by atoms with E-state index in [1.807, 2.05) is 48.5 Å². The minimum absolute atomic E-state index is 0.0654. The maximum atomic E-state index is 15.3. The molecule has 0 aliphatic carbocycles. The van der Waals surface area contributed by atoms with Crippen LogP contribution in [0.1, 0.15) is 251 Å². The lowest BCUT2D eigenvalue weighted by Gasteiger charge is -2.10. The van der Waals surface area contributed by atoms with Gasteiger partial charge in [0.15, 0.2) is 0 Å². The minimum atomic E-state index is -1.00. The molecule has 0 fully saturated rings. The van der Waals surface area contributed by atoms with Crippen molar-refractivity contribution >= 4 is 46.8 Å². The Labute approximate surface area is 535 Å².